The first-order chi connectivity index (χ1) is 14.4. The van der Waals surface area contributed by atoms with E-state index in [0.29, 0.717) is 23.1 Å². The van der Waals surface area contributed by atoms with Gasteiger partial charge in [0.05, 0.1) is 5.56 Å². The number of aromatic nitrogens is 4. The predicted octanol–water partition coefficient (Wildman–Crippen LogP) is 3.57. The van der Waals surface area contributed by atoms with Crippen molar-refractivity contribution < 1.29 is 13.6 Å². The maximum Gasteiger partial charge on any atom is 0.319 e. The zero-order valence-electron chi connectivity index (χ0n) is 16.7. The number of anilines is 2. The first-order valence-corrected chi connectivity index (χ1v) is 9.50. The van der Waals surface area contributed by atoms with E-state index in [1.54, 1.807) is 25.5 Å². The van der Waals surface area contributed by atoms with Gasteiger partial charge >= 0.3 is 6.55 Å². The summed E-state index contributed by atoms with van der Waals surface area (Å²) in [5.74, 6) is 7.39. The van der Waals surface area contributed by atoms with E-state index in [2.05, 4.69) is 37.4 Å². The molecule has 154 valence electrons. The Bertz CT molecular complexity index is 1190. The molecule has 1 aliphatic rings. The number of carbonyl (C=O) groups excluding carboxylic acids is 1. The lowest BCUT2D eigenvalue weighted by atomic mass is 10.1. The topological polar surface area (TPSA) is 84.7 Å². The normalized spacial score (nSPS) is 17.5. The Balaban J connectivity index is 1.71. The average Bonchev–Trinajstić information content (AvgIpc) is 3.33. The molecule has 0 spiro atoms. The Morgan fingerprint density at radius 1 is 1.27 bits per heavy atom. The molecule has 0 radical (unpaired) electrons. The van der Waals surface area contributed by atoms with Crippen LogP contribution in [0.4, 0.5) is 20.4 Å². The van der Waals surface area contributed by atoms with Gasteiger partial charge in [0, 0.05) is 42.3 Å². The lowest BCUT2D eigenvalue weighted by Crippen LogP contribution is -2.15. The van der Waals surface area contributed by atoms with Crippen molar-refractivity contribution in [2.45, 2.75) is 26.8 Å². The van der Waals surface area contributed by atoms with E-state index in [9.17, 15) is 13.6 Å². The van der Waals surface area contributed by atoms with E-state index in [1.807, 2.05) is 6.92 Å². The van der Waals surface area contributed by atoms with Gasteiger partial charge in [-0.05, 0) is 31.2 Å². The number of hydrogen-bond donors (Lipinski definition) is 2. The first kappa shape index (κ1) is 19.8. The molecule has 9 heteroatoms. The van der Waals surface area contributed by atoms with Crippen molar-refractivity contribution in [3.63, 3.8) is 0 Å². The number of hydrogen-bond acceptors (Lipinski definition) is 5. The maximum absolute atomic E-state index is 12.9. The quantitative estimate of drug-likeness (QED) is 0.643. The van der Waals surface area contributed by atoms with Crippen LogP contribution < -0.4 is 10.6 Å². The molecule has 3 aromatic heterocycles. The van der Waals surface area contributed by atoms with Crippen molar-refractivity contribution in [2.24, 2.45) is 11.8 Å². The first-order valence-electron chi connectivity index (χ1n) is 9.50. The number of alkyl halides is 2. The van der Waals surface area contributed by atoms with Crippen LogP contribution in [0.15, 0.2) is 24.7 Å². The van der Waals surface area contributed by atoms with Gasteiger partial charge in [0.2, 0.25) is 5.91 Å². The third kappa shape index (κ3) is 3.81. The Morgan fingerprint density at radius 3 is 2.67 bits per heavy atom. The fourth-order valence-electron chi connectivity index (χ4n) is 3.28. The van der Waals surface area contributed by atoms with Crippen molar-refractivity contribution in [1.29, 1.82) is 0 Å². The van der Waals surface area contributed by atoms with Gasteiger partial charge in [-0.3, -0.25) is 9.36 Å². The summed E-state index contributed by atoms with van der Waals surface area (Å²) in [6, 6.07) is 1.75. The number of aryl methyl sites for hydroxylation is 1. The molecule has 1 aliphatic carbocycles. The van der Waals surface area contributed by atoms with Crippen molar-refractivity contribution in [1.82, 2.24) is 19.5 Å². The van der Waals surface area contributed by atoms with Crippen LogP contribution in [-0.4, -0.2) is 32.5 Å². The monoisotopic (exact) mass is 410 g/mol. The highest BCUT2D eigenvalue weighted by Gasteiger charge is 2.39. The fourth-order valence-corrected chi connectivity index (χ4v) is 3.28. The Morgan fingerprint density at radius 2 is 2.03 bits per heavy atom. The number of fused-ring (bicyclic) bond motifs is 1. The molecule has 3 aromatic rings. The molecule has 0 aromatic carbocycles. The Labute approximate surface area is 171 Å². The highest BCUT2D eigenvalue weighted by molar-refractivity contribution is 5.99. The molecule has 1 amide bonds. The molecular formula is C21H20F2N6O. The summed E-state index contributed by atoms with van der Waals surface area (Å²) >= 11 is 0. The van der Waals surface area contributed by atoms with Crippen LogP contribution in [0.1, 0.15) is 37.0 Å². The molecule has 30 heavy (non-hydrogen) atoms. The third-order valence-corrected chi connectivity index (χ3v) is 5.16. The van der Waals surface area contributed by atoms with Crippen LogP contribution in [0.25, 0.3) is 10.8 Å². The molecule has 2 N–H and O–H groups in total. The van der Waals surface area contributed by atoms with Crippen LogP contribution in [0.3, 0.4) is 0 Å². The molecule has 0 saturated heterocycles. The highest BCUT2D eigenvalue weighted by Crippen LogP contribution is 2.38. The van der Waals surface area contributed by atoms with Crippen molar-refractivity contribution in [2.75, 3.05) is 17.7 Å². The number of imidazole rings is 1. The molecule has 3 heterocycles. The highest BCUT2D eigenvalue weighted by atomic mass is 19.3. The summed E-state index contributed by atoms with van der Waals surface area (Å²) in [4.78, 5) is 25.0. The molecule has 2 atom stereocenters. The number of carbonyl (C=O) groups is 1. The second-order valence-electron chi connectivity index (χ2n) is 7.30. The molecule has 1 saturated carbocycles. The number of nitrogens with one attached hydrogen (secondary N) is 2. The largest absolute Gasteiger partial charge is 0.373 e. The number of nitrogens with zero attached hydrogens (tertiary/aromatic N) is 4. The minimum absolute atomic E-state index is 0.0280. The van der Waals surface area contributed by atoms with Gasteiger partial charge in [-0.25, -0.2) is 15.0 Å². The fraction of sp³-hybridized carbons (Fsp3) is 0.333. The summed E-state index contributed by atoms with van der Waals surface area (Å²) in [6.07, 6.45) is 5.32. The molecule has 1 fully saturated rings. The van der Waals surface area contributed by atoms with Crippen LogP contribution in [0, 0.1) is 30.6 Å². The SMILES string of the molecule is CNc1ncc(C#Cc2cn(C(F)F)c(C)n2)c2cc(NC(=O)[C@H]3C[C@H]3C)ncc12. The average molecular weight is 410 g/mol. The van der Waals surface area contributed by atoms with Crippen LogP contribution in [0.2, 0.25) is 0 Å². The van der Waals surface area contributed by atoms with Gasteiger partial charge in [0.15, 0.2) is 0 Å². The summed E-state index contributed by atoms with van der Waals surface area (Å²) in [5, 5.41) is 7.32. The van der Waals surface area contributed by atoms with E-state index in [-0.39, 0.29) is 23.3 Å². The predicted molar refractivity (Wildman–Crippen MR) is 109 cm³/mol. The Hall–Kier alpha value is -3.54. The standard InChI is InChI=1S/C21H20F2N6O/c1-11-6-15(11)20(30)28-18-7-16-13(8-26-19(24-3)17(16)9-25-18)4-5-14-10-29(21(22)23)12(2)27-14/h7-11,15,21H,6H2,1-3H3,(H,24,26)(H,25,28,30)/t11-,15+/m1/s1. The summed E-state index contributed by atoms with van der Waals surface area (Å²) < 4.78 is 26.7. The van der Waals surface area contributed by atoms with Crippen molar-refractivity contribution in [3.05, 3.63) is 41.7 Å². The molecule has 4 rings (SSSR count). The summed E-state index contributed by atoms with van der Waals surface area (Å²) in [5.41, 5.74) is 0.815. The lowest BCUT2D eigenvalue weighted by molar-refractivity contribution is -0.117. The second-order valence-corrected chi connectivity index (χ2v) is 7.30. The summed E-state index contributed by atoms with van der Waals surface area (Å²) in [7, 11) is 1.75. The minimum atomic E-state index is -2.67. The van der Waals surface area contributed by atoms with Gasteiger partial charge in [-0.2, -0.15) is 8.78 Å². The van der Waals surface area contributed by atoms with Gasteiger partial charge in [-0.1, -0.05) is 12.8 Å². The molecule has 7 nitrogen and oxygen atoms in total. The van der Waals surface area contributed by atoms with Crippen LogP contribution >= 0.6 is 0 Å². The van der Waals surface area contributed by atoms with Gasteiger partial charge in [-0.15, -0.1) is 0 Å². The molecule has 0 aliphatic heterocycles. The second kappa shape index (κ2) is 7.71. The number of halogens is 2. The number of pyridine rings is 2. The molecule has 0 bridgehead atoms. The van der Waals surface area contributed by atoms with E-state index >= 15 is 0 Å². The van der Waals surface area contributed by atoms with E-state index in [1.165, 1.54) is 13.1 Å². The van der Waals surface area contributed by atoms with E-state index in [0.717, 1.165) is 21.8 Å². The number of rotatable bonds is 4. The van der Waals surface area contributed by atoms with Gasteiger partial charge in [0.25, 0.3) is 0 Å². The van der Waals surface area contributed by atoms with Gasteiger partial charge < -0.3 is 10.6 Å². The van der Waals surface area contributed by atoms with Crippen molar-refractivity contribution in [3.8, 4) is 11.8 Å². The zero-order valence-corrected chi connectivity index (χ0v) is 16.7. The van der Waals surface area contributed by atoms with Crippen LogP contribution in [-0.2, 0) is 4.79 Å². The number of amides is 1. The van der Waals surface area contributed by atoms with Gasteiger partial charge in [0.1, 0.15) is 23.2 Å². The smallest absolute Gasteiger partial charge is 0.319 e. The third-order valence-electron chi connectivity index (χ3n) is 5.16. The minimum Gasteiger partial charge on any atom is -0.373 e. The summed E-state index contributed by atoms with van der Waals surface area (Å²) in [6.45, 7) is 0.863. The molecular weight excluding hydrogens is 390 g/mol. The van der Waals surface area contributed by atoms with E-state index < -0.39 is 6.55 Å². The lowest BCUT2D eigenvalue weighted by Gasteiger charge is -2.09. The maximum atomic E-state index is 12.9. The Kier molecular flexibility index (Phi) is 5.08. The molecule has 0 unspecified atom stereocenters. The zero-order chi connectivity index (χ0) is 21.4. The van der Waals surface area contributed by atoms with E-state index in [4.69, 9.17) is 0 Å². The van der Waals surface area contributed by atoms with Crippen molar-refractivity contribution >= 4 is 28.3 Å². The van der Waals surface area contributed by atoms with Crippen LogP contribution in [0.5, 0.6) is 0 Å².